The third-order valence-corrected chi connectivity index (χ3v) is 1.61. The van der Waals surface area contributed by atoms with Crippen molar-refractivity contribution >= 4 is 0 Å². The van der Waals surface area contributed by atoms with E-state index in [2.05, 4.69) is 0 Å². The molecule has 1 unspecified atom stereocenters. The van der Waals surface area contributed by atoms with Crippen LogP contribution < -0.4 is 5.73 Å². The maximum absolute atomic E-state index is 12.6. The Kier molecular flexibility index (Phi) is 2.93. The molecule has 0 amide bonds. The molecule has 68 valence electrons. The predicted molar refractivity (Wildman–Crippen MR) is 43.7 cm³/mol. The summed E-state index contributed by atoms with van der Waals surface area (Å²) in [5.74, 6) is -1.81. The number of nitrogens with two attached hydrogens (primary N) is 1. The standard InChI is InChI=1S/C9H8F2N2/c10-8-2-1-6(4-9(8)11)3-7(13)5-12/h1-2,4,7H,3,13H2. The molecule has 0 aliphatic heterocycles. The van der Waals surface area contributed by atoms with Gasteiger partial charge in [0.1, 0.15) is 0 Å². The van der Waals surface area contributed by atoms with Crippen LogP contribution in [0.2, 0.25) is 0 Å². The van der Waals surface area contributed by atoms with Crippen molar-refractivity contribution in [1.29, 1.82) is 5.26 Å². The van der Waals surface area contributed by atoms with Gasteiger partial charge in [-0.2, -0.15) is 5.26 Å². The average molecular weight is 182 g/mol. The van der Waals surface area contributed by atoms with Crippen LogP contribution in [0.25, 0.3) is 0 Å². The fraction of sp³-hybridized carbons (Fsp3) is 0.222. The van der Waals surface area contributed by atoms with Gasteiger partial charge >= 0.3 is 0 Å². The van der Waals surface area contributed by atoms with Gasteiger partial charge in [0.15, 0.2) is 11.6 Å². The number of hydrogen-bond donors (Lipinski definition) is 1. The molecule has 0 aliphatic carbocycles. The number of rotatable bonds is 2. The lowest BCUT2D eigenvalue weighted by molar-refractivity contribution is 0.506. The lowest BCUT2D eigenvalue weighted by Crippen LogP contribution is -2.20. The minimum absolute atomic E-state index is 0.230. The summed E-state index contributed by atoms with van der Waals surface area (Å²) >= 11 is 0. The number of halogens is 2. The zero-order valence-electron chi connectivity index (χ0n) is 6.80. The van der Waals surface area contributed by atoms with Gasteiger partial charge < -0.3 is 5.73 Å². The molecule has 0 heterocycles. The van der Waals surface area contributed by atoms with Crippen LogP contribution in [0.1, 0.15) is 5.56 Å². The van der Waals surface area contributed by atoms with E-state index in [-0.39, 0.29) is 6.42 Å². The van der Waals surface area contributed by atoms with E-state index in [4.69, 9.17) is 11.0 Å². The second-order valence-corrected chi connectivity index (χ2v) is 2.69. The molecular formula is C9H8F2N2. The molecule has 0 saturated carbocycles. The van der Waals surface area contributed by atoms with Crippen molar-refractivity contribution in [3.63, 3.8) is 0 Å². The third kappa shape index (κ3) is 2.49. The van der Waals surface area contributed by atoms with Crippen molar-refractivity contribution in [1.82, 2.24) is 0 Å². The molecule has 0 bridgehead atoms. The Labute approximate surface area is 74.6 Å². The molecule has 0 aromatic heterocycles. The van der Waals surface area contributed by atoms with Crippen LogP contribution in [0, 0.1) is 23.0 Å². The monoisotopic (exact) mass is 182 g/mol. The number of benzene rings is 1. The molecule has 0 radical (unpaired) electrons. The van der Waals surface area contributed by atoms with Crippen LogP contribution in [-0.2, 0) is 6.42 Å². The second kappa shape index (κ2) is 3.97. The van der Waals surface area contributed by atoms with Crippen molar-refractivity contribution in [3.05, 3.63) is 35.4 Å². The molecule has 0 fully saturated rings. The van der Waals surface area contributed by atoms with Crippen LogP contribution in [0.4, 0.5) is 8.78 Å². The minimum atomic E-state index is -0.914. The second-order valence-electron chi connectivity index (χ2n) is 2.69. The zero-order valence-corrected chi connectivity index (χ0v) is 6.80. The lowest BCUT2D eigenvalue weighted by Gasteiger charge is -2.02. The average Bonchev–Trinajstić information content (AvgIpc) is 2.11. The first-order valence-corrected chi connectivity index (χ1v) is 3.72. The number of nitrogens with zero attached hydrogens (tertiary/aromatic N) is 1. The fourth-order valence-electron chi connectivity index (χ4n) is 0.966. The molecule has 2 nitrogen and oxygen atoms in total. The van der Waals surface area contributed by atoms with E-state index in [0.717, 1.165) is 12.1 Å². The summed E-state index contributed by atoms with van der Waals surface area (Å²) < 4.78 is 25.1. The zero-order chi connectivity index (χ0) is 9.84. The quantitative estimate of drug-likeness (QED) is 0.750. The van der Waals surface area contributed by atoms with E-state index in [1.807, 2.05) is 6.07 Å². The van der Waals surface area contributed by atoms with Gasteiger partial charge in [0, 0.05) is 6.42 Å². The van der Waals surface area contributed by atoms with Gasteiger partial charge in [-0.25, -0.2) is 8.78 Å². The summed E-state index contributed by atoms with van der Waals surface area (Å²) in [5, 5.41) is 8.38. The van der Waals surface area contributed by atoms with Crippen LogP contribution >= 0.6 is 0 Å². The maximum Gasteiger partial charge on any atom is 0.159 e. The highest BCUT2D eigenvalue weighted by Crippen LogP contribution is 2.09. The first kappa shape index (κ1) is 9.62. The van der Waals surface area contributed by atoms with Gasteiger partial charge in [0.2, 0.25) is 0 Å². The molecule has 0 aliphatic rings. The Morgan fingerprint density at radius 3 is 2.62 bits per heavy atom. The molecule has 1 aromatic rings. The van der Waals surface area contributed by atoms with Crippen molar-refractivity contribution < 1.29 is 8.78 Å². The highest BCUT2D eigenvalue weighted by molar-refractivity contribution is 5.20. The highest BCUT2D eigenvalue weighted by atomic mass is 19.2. The van der Waals surface area contributed by atoms with Crippen LogP contribution in [0.5, 0.6) is 0 Å². The SMILES string of the molecule is N#CC(N)Cc1ccc(F)c(F)c1. The van der Waals surface area contributed by atoms with E-state index in [9.17, 15) is 8.78 Å². The van der Waals surface area contributed by atoms with Gasteiger partial charge in [-0.05, 0) is 17.7 Å². The summed E-state index contributed by atoms with van der Waals surface area (Å²) in [6, 6.07) is 4.62. The van der Waals surface area contributed by atoms with Gasteiger partial charge in [0.05, 0.1) is 12.1 Å². The van der Waals surface area contributed by atoms with E-state index < -0.39 is 17.7 Å². The lowest BCUT2D eigenvalue weighted by atomic mass is 10.1. The first-order chi connectivity index (χ1) is 6.13. The van der Waals surface area contributed by atoms with Gasteiger partial charge in [-0.3, -0.25) is 0 Å². The van der Waals surface area contributed by atoms with E-state index >= 15 is 0 Å². The van der Waals surface area contributed by atoms with Crippen molar-refractivity contribution in [2.24, 2.45) is 5.73 Å². The molecule has 1 atom stereocenters. The number of nitriles is 1. The Morgan fingerprint density at radius 2 is 2.08 bits per heavy atom. The molecule has 0 saturated heterocycles. The summed E-state index contributed by atoms with van der Waals surface area (Å²) in [5.41, 5.74) is 5.84. The fourth-order valence-corrected chi connectivity index (χ4v) is 0.966. The van der Waals surface area contributed by atoms with Crippen molar-refractivity contribution in [2.45, 2.75) is 12.5 Å². The molecule has 1 rings (SSSR count). The molecule has 0 spiro atoms. The Morgan fingerprint density at radius 1 is 1.38 bits per heavy atom. The van der Waals surface area contributed by atoms with Gasteiger partial charge in [0.25, 0.3) is 0 Å². The largest absolute Gasteiger partial charge is 0.316 e. The van der Waals surface area contributed by atoms with Crippen molar-refractivity contribution in [3.8, 4) is 6.07 Å². The summed E-state index contributed by atoms with van der Waals surface area (Å²) in [6.07, 6.45) is 0.230. The predicted octanol–water partition coefficient (Wildman–Crippen LogP) is 1.36. The van der Waals surface area contributed by atoms with Crippen molar-refractivity contribution in [2.75, 3.05) is 0 Å². The molecule has 4 heteroatoms. The molecule has 1 aromatic carbocycles. The van der Waals surface area contributed by atoms with E-state index in [1.165, 1.54) is 6.07 Å². The molecule has 13 heavy (non-hydrogen) atoms. The Bertz CT molecular complexity index is 344. The van der Waals surface area contributed by atoms with E-state index in [1.54, 1.807) is 0 Å². The number of hydrogen-bond acceptors (Lipinski definition) is 2. The van der Waals surface area contributed by atoms with Crippen LogP contribution in [-0.4, -0.2) is 6.04 Å². The van der Waals surface area contributed by atoms with E-state index in [0.29, 0.717) is 5.56 Å². The van der Waals surface area contributed by atoms with Crippen LogP contribution in [0.3, 0.4) is 0 Å². The first-order valence-electron chi connectivity index (χ1n) is 3.72. The van der Waals surface area contributed by atoms with Gasteiger partial charge in [-0.15, -0.1) is 0 Å². The highest BCUT2D eigenvalue weighted by Gasteiger charge is 2.05. The Balaban J connectivity index is 2.81. The van der Waals surface area contributed by atoms with Gasteiger partial charge in [-0.1, -0.05) is 6.07 Å². The third-order valence-electron chi connectivity index (χ3n) is 1.61. The molecular weight excluding hydrogens is 174 g/mol. The normalized spacial score (nSPS) is 12.2. The minimum Gasteiger partial charge on any atom is -0.316 e. The topological polar surface area (TPSA) is 49.8 Å². The molecule has 2 N–H and O–H groups in total. The Hall–Kier alpha value is -1.47. The summed E-state index contributed by atoms with van der Waals surface area (Å²) in [4.78, 5) is 0. The van der Waals surface area contributed by atoms with Crippen LogP contribution in [0.15, 0.2) is 18.2 Å². The summed E-state index contributed by atoms with van der Waals surface area (Å²) in [6.45, 7) is 0. The maximum atomic E-state index is 12.6. The summed E-state index contributed by atoms with van der Waals surface area (Å²) in [7, 11) is 0. The smallest absolute Gasteiger partial charge is 0.159 e.